The Morgan fingerprint density at radius 1 is 1.33 bits per heavy atom. The Hall–Kier alpha value is -2.80. The van der Waals surface area contributed by atoms with Crippen LogP contribution in [0.2, 0.25) is 5.02 Å². The molecule has 0 saturated heterocycles. The van der Waals surface area contributed by atoms with Crippen molar-refractivity contribution in [3.05, 3.63) is 64.3 Å². The highest BCUT2D eigenvalue weighted by Crippen LogP contribution is 2.25. The van der Waals surface area contributed by atoms with Crippen LogP contribution in [0.4, 0.5) is 0 Å². The molecule has 7 nitrogen and oxygen atoms in total. The van der Waals surface area contributed by atoms with Crippen LogP contribution in [0, 0.1) is 6.92 Å². The topological polar surface area (TPSA) is 73.4 Å². The van der Waals surface area contributed by atoms with E-state index in [4.69, 9.17) is 20.9 Å². The highest BCUT2D eigenvalue weighted by molar-refractivity contribution is 6.32. The molecule has 1 amide bonds. The molecule has 2 heterocycles. The predicted molar refractivity (Wildman–Crippen MR) is 101 cm³/mol. The van der Waals surface area contributed by atoms with Gasteiger partial charge in [-0.25, -0.2) is 0 Å². The van der Waals surface area contributed by atoms with E-state index in [1.807, 2.05) is 29.8 Å². The average Bonchev–Trinajstić information content (AvgIpc) is 3.26. The lowest BCUT2D eigenvalue weighted by molar-refractivity contribution is 0.0768. The molecule has 0 atom stereocenters. The Morgan fingerprint density at radius 2 is 2.11 bits per heavy atom. The number of carbonyl (C=O) groups is 1. The first kappa shape index (κ1) is 19.0. The summed E-state index contributed by atoms with van der Waals surface area (Å²) in [5.74, 6) is 0.837. The number of aromatic nitrogens is 3. The van der Waals surface area contributed by atoms with Crippen LogP contribution in [0.3, 0.4) is 0 Å². The van der Waals surface area contributed by atoms with Gasteiger partial charge in [0.15, 0.2) is 5.69 Å². The number of aryl methyl sites for hydroxylation is 2. The van der Waals surface area contributed by atoms with E-state index < -0.39 is 0 Å². The second-order valence-electron chi connectivity index (χ2n) is 6.08. The highest BCUT2D eigenvalue weighted by Gasteiger charge is 2.24. The van der Waals surface area contributed by atoms with Crippen LogP contribution in [0.5, 0.6) is 5.75 Å². The summed E-state index contributed by atoms with van der Waals surface area (Å²) in [7, 11) is 1.72. The van der Waals surface area contributed by atoms with Crippen LogP contribution in [0.15, 0.2) is 41.1 Å². The first-order valence-electron chi connectivity index (χ1n) is 8.59. The number of ether oxygens (including phenoxy) is 1. The first-order valence-corrected chi connectivity index (χ1v) is 8.97. The average molecular weight is 389 g/mol. The third-order valence-electron chi connectivity index (χ3n) is 4.25. The number of hydrogen-bond donors (Lipinski definition) is 0. The molecule has 3 rings (SSSR count). The van der Waals surface area contributed by atoms with E-state index in [1.54, 1.807) is 37.2 Å². The van der Waals surface area contributed by atoms with Crippen molar-refractivity contribution in [3.63, 3.8) is 0 Å². The number of para-hydroxylation sites is 1. The molecule has 0 unspecified atom stereocenters. The summed E-state index contributed by atoms with van der Waals surface area (Å²) in [6.45, 7) is 5.05. The van der Waals surface area contributed by atoms with E-state index in [2.05, 4.69) is 10.3 Å². The van der Waals surface area contributed by atoms with Crippen molar-refractivity contribution < 1.29 is 14.1 Å². The molecule has 8 heteroatoms. The van der Waals surface area contributed by atoms with Crippen molar-refractivity contribution in [1.29, 1.82) is 0 Å². The summed E-state index contributed by atoms with van der Waals surface area (Å²) in [4.78, 5) is 14.5. The van der Waals surface area contributed by atoms with Crippen molar-refractivity contribution in [3.8, 4) is 5.75 Å². The maximum atomic E-state index is 12.9. The summed E-state index contributed by atoms with van der Waals surface area (Å²) in [5, 5.41) is 8.67. The van der Waals surface area contributed by atoms with Gasteiger partial charge in [0, 0.05) is 19.8 Å². The summed E-state index contributed by atoms with van der Waals surface area (Å²) >= 11 is 6.12. The van der Waals surface area contributed by atoms with Crippen molar-refractivity contribution in [2.45, 2.75) is 33.5 Å². The molecule has 0 fully saturated rings. The summed E-state index contributed by atoms with van der Waals surface area (Å²) < 4.78 is 12.8. The molecule has 0 aliphatic heterocycles. The quantitative estimate of drug-likeness (QED) is 0.617. The van der Waals surface area contributed by atoms with Gasteiger partial charge in [0.25, 0.3) is 5.91 Å². The lowest BCUT2D eigenvalue weighted by Gasteiger charge is -2.17. The van der Waals surface area contributed by atoms with E-state index in [1.165, 1.54) is 0 Å². The van der Waals surface area contributed by atoms with E-state index in [9.17, 15) is 4.79 Å². The Balaban J connectivity index is 1.75. The standard InChI is InChI=1S/C19H21ClN4O3/c1-4-24-14(9-10-21-24)11-23(3)19(25)18-15(13(2)27-22-18)12-26-17-8-6-5-7-16(17)20/h5-10H,4,11-12H2,1-3H3. The molecule has 142 valence electrons. The smallest absolute Gasteiger partial charge is 0.276 e. The molecule has 0 aliphatic rings. The third kappa shape index (κ3) is 4.14. The highest BCUT2D eigenvalue weighted by atomic mass is 35.5. The van der Waals surface area contributed by atoms with Crippen molar-refractivity contribution >= 4 is 17.5 Å². The Morgan fingerprint density at radius 3 is 2.85 bits per heavy atom. The zero-order chi connectivity index (χ0) is 19.4. The van der Waals surface area contributed by atoms with E-state index in [0.29, 0.717) is 28.6 Å². The van der Waals surface area contributed by atoms with Crippen molar-refractivity contribution in [1.82, 2.24) is 19.8 Å². The Kier molecular flexibility index (Phi) is 5.81. The summed E-state index contributed by atoms with van der Waals surface area (Å²) in [6, 6.07) is 9.06. The van der Waals surface area contributed by atoms with Gasteiger partial charge in [-0.15, -0.1) is 0 Å². The predicted octanol–water partition coefficient (Wildman–Crippen LogP) is 3.70. The van der Waals surface area contributed by atoms with Crippen molar-refractivity contribution in [2.24, 2.45) is 0 Å². The van der Waals surface area contributed by atoms with Crippen LogP contribution in [0.25, 0.3) is 0 Å². The minimum atomic E-state index is -0.242. The van der Waals surface area contributed by atoms with Crippen LogP contribution < -0.4 is 4.74 Å². The Labute approximate surface area is 162 Å². The van der Waals surface area contributed by atoms with Gasteiger partial charge in [0.1, 0.15) is 18.1 Å². The summed E-state index contributed by atoms with van der Waals surface area (Å²) in [5.41, 5.74) is 1.79. The molecular formula is C19H21ClN4O3. The minimum Gasteiger partial charge on any atom is -0.487 e. The maximum absolute atomic E-state index is 12.9. The fourth-order valence-electron chi connectivity index (χ4n) is 2.72. The van der Waals surface area contributed by atoms with Crippen LogP contribution >= 0.6 is 11.6 Å². The second-order valence-corrected chi connectivity index (χ2v) is 6.49. The van der Waals surface area contributed by atoms with Gasteiger partial charge < -0.3 is 14.2 Å². The fraction of sp³-hybridized carbons (Fsp3) is 0.316. The maximum Gasteiger partial charge on any atom is 0.276 e. The SMILES string of the molecule is CCn1nccc1CN(C)C(=O)c1noc(C)c1COc1ccccc1Cl. The normalized spacial score (nSPS) is 10.8. The van der Waals surface area contributed by atoms with Gasteiger partial charge in [-0.1, -0.05) is 28.9 Å². The van der Waals surface area contributed by atoms with Gasteiger partial charge in [0.2, 0.25) is 0 Å². The summed E-state index contributed by atoms with van der Waals surface area (Å²) in [6.07, 6.45) is 1.72. The van der Waals surface area contributed by atoms with Gasteiger partial charge in [-0.05, 0) is 32.0 Å². The van der Waals surface area contributed by atoms with Gasteiger partial charge in [-0.2, -0.15) is 5.10 Å². The molecular weight excluding hydrogens is 368 g/mol. The van der Waals surface area contributed by atoms with Gasteiger partial charge >= 0.3 is 0 Å². The number of hydrogen-bond acceptors (Lipinski definition) is 5. The van der Waals surface area contributed by atoms with E-state index in [0.717, 1.165) is 12.2 Å². The first-order chi connectivity index (χ1) is 13.0. The monoisotopic (exact) mass is 388 g/mol. The number of amides is 1. The number of benzene rings is 1. The number of rotatable bonds is 7. The Bertz CT molecular complexity index is 935. The molecule has 0 aliphatic carbocycles. The second kappa shape index (κ2) is 8.26. The van der Waals surface area contributed by atoms with Crippen LogP contribution in [-0.2, 0) is 19.7 Å². The third-order valence-corrected chi connectivity index (χ3v) is 4.56. The molecule has 0 radical (unpaired) electrons. The molecule has 2 aromatic heterocycles. The number of halogens is 1. The van der Waals surface area contributed by atoms with Gasteiger partial charge in [-0.3, -0.25) is 9.48 Å². The van der Waals surface area contributed by atoms with Crippen molar-refractivity contribution in [2.75, 3.05) is 7.05 Å². The molecule has 0 bridgehead atoms. The zero-order valence-electron chi connectivity index (χ0n) is 15.5. The minimum absolute atomic E-state index is 0.140. The lowest BCUT2D eigenvalue weighted by atomic mass is 10.2. The molecule has 27 heavy (non-hydrogen) atoms. The fourth-order valence-corrected chi connectivity index (χ4v) is 2.91. The van der Waals surface area contributed by atoms with Gasteiger partial charge in [0.05, 0.1) is 22.8 Å². The zero-order valence-corrected chi connectivity index (χ0v) is 16.2. The molecule has 0 saturated carbocycles. The molecule has 0 N–H and O–H groups in total. The molecule has 1 aromatic carbocycles. The lowest BCUT2D eigenvalue weighted by Crippen LogP contribution is -2.28. The van der Waals surface area contributed by atoms with Crippen LogP contribution in [-0.4, -0.2) is 32.8 Å². The van der Waals surface area contributed by atoms with Crippen LogP contribution in [0.1, 0.15) is 34.4 Å². The van der Waals surface area contributed by atoms with E-state index in [-0.39, 0.29) is 18.2 Å². The van der Waals surface area contributed by atoms with E-state index >= 15 is 0 Å². The molecule has 0 spiro atoms. The number of carbonyl (C=O) groups excluding carboxylic acids is 1. The molecule has 3 aromatic rings. The largest absolute Gasteiger partial charge is 0.487 e. The number of nitrogens with zero attached hydrogens (tertiary/aromatic N) is 4.